The summed E-state index contributed by atoms with van der Waals surface area (Å²) < 4.78 is 0. The van der Waals surface area contributed by atoms with Gasteiger partial charge in [0.2, 0.25) is 0 Å². The maximum atomic E-state index is 12.6. The predicted molar refractivity (Wildman–Crippen MR) is 112 cm³/mol. The van der Waals surface area contributed by atoms with E-state index in [9.17, 15) is 19.2 Å². The van der Waals surface area contributed by atoms with Crippen molar-refractivity contribution < 1.29 is 28.9 Å². The molecule has 0 spiro atoms. The Bertz CT molecular complexity index is 890. The number of hydroxylamine groups is 4. The van der Waals surface area contributed by atoms with Crippen molar-refractivity contribution in [2.45, 2.75) is 44.4 Å². The number of allylic oxidation sites excluding steroid dienone is 2. The molecule has 32 heavy (non-hydrogen) atoms. The van der Waals surface area contributed by atoms with Gasteiger partial charge in [0.05, 0.1) is 17.9 Å². The fourth-order valence-corrected chi connectivity index (χ4v) is 4.46. The second-order valence-electron chi connectivity index (χ2n) is 8.07. The Kier molecular flexibility index (Phi) is 6.88. The van der Waals surface area contributed by atoms with Gasteiger partial charge in [-0.2, -0.15) is 0 Å². The molecule has 9 nitrogen and oxygen atoms in total. The van der Waals surface area contributed by atoms with Crippen LogP contribution in [0.4, 0.5) is 4.79 Å². The molecule has 2 saturated heterocycles. The van der Waals surface area contributed by atoms with Crippen molar-refractivity contribution in [2.75, 3.05) is 6.54 Å². The third-order valence-corrected chi connectivity index (χ3v) is 6.21. The van der Waals surface area contributed by atoms with Crippen LogP contribution in [-0.4, -0.2) is 51.9 Å². The number of nitrogens with one attached hydrogen (secondary N) is 1. The van der Waals surface area contributed by atoms with Crippen LogP contribution in [0.3, 0.4) is 0 Å². The van der Waals surface area contributed by atoms with Gasteiger partial charge in [0, 0.05) is 6.54 Å². The van der Waals surface area contributed by atoms with Crippen LogP contribution in [0, 0.1) is 11.8 Å². The first-order valence-electron chi connectivity index (χ1n) is 10.6. The summed E-state index contributed by atoms with van der Waals surface area (Å²) in [5.41, 5.74) is 0.886. The lowest BCUT2D eigenvalue weighted by Crippen LogP contribution is -2.54. The SMILES string of the molecule is O=C(ON1C(=O)[C@H]2CC=CC[C@H]2C1=O)[C@@H]1CC[C@@H](N(OCc2ccccc2)C(=O)Cl)CN1. The Labute approximate surface area is 190 Å². The number of fused-ring (bicyclic) bond motifs is 1. The lowest BCUT2D eigenvalue weighted by molar-refractivity contribution is -0.201. The average Bonchev–Trinajstić information content (AvgIpc) is 3.05. The molecule has 4 rings (SSSR count). The predicted octanol–water partition coefficient (Wildman–Crippen LogP) is 2.31. The van der Waals surface area contributed by atoms with Crippen molar-refractivity contribution in [1.29, 1.82) is 0 Å². The Balaban J connectivity index is 1.29. The molecule has 0 bridgehead atoms. The highest BCUT2D eigenvalue weighted by Gasteiger charge is 2.50. The van der Waals surface area contributed by atoms with Gasteiger partial charge in [0.15, 0.2) is 0 Å². The highest BCUT2D eigenvalue weighted by atomic mass is 35.5. The Hall–Kier alpha value is -2.75. The molecule has 4 atom stereocenters. The van der Waals surface area contributed by atoms with Gasteiger partial charge < -0.3 is 10.2 Å². The van der Waals surface area contributed by atoms with Crippen molar-refractivity contribution in [3.63, 3.8) is 0 Å². The van der Waals surface area contributed by atoms with E-state index >= 15 is 0 Å². The van der Waals surface area contributed by atoms with Crippen molar-refractivity contribution in [3.8, 4) is 0 Å². The summed E-state index contributed by atoms with van der Waals surface area (Å²) in [6.45, 7) is 0.418. The lowest BCUT2D eigenvalue weighted by atomic mass is 9.85. The van der Waals surface area contributed by atoms with Crippen molar-refractivity contribution in [1.82, 2.24) is 15.4 Å². The zero-order valence-electron chi connectivity index (χ0n) is 17.3. The van der Waals surface area contributed by atoms with Gasteiger partial charge in [-0.05, 0) is 42.8 Å². The van der Waals surface area contributed by atoms with E-state index in [0.717, 1.165) is 10.6 Å². The third kappa shape index (κ3) is 4.69. The number of benzene rings is 1. The fraction of sp³-hybridized carbons (Fsp3) is 0.455. The van der Waals surface area contributed by atoms with Crippen LogP contribution < -0.4 is 5.32 Å². The van der Waals surface area contributed by atoms with E-state index in [1.807, 2.05) is 42.5 Å². The average molecular weight is 462 g/mol. The molecule has 3 aliphatic rings. The van der Waals surface area contributed by atoms with Gasteiger partial charge in [0.25, 0.3) is 11.8 Å². The van der Waals surface area contributed by atoms with E-state index < -0.39 is 41.0 Å². The first-order chi connectivity index (χ1) is 15.5. The number of hydrogen-bond acceptors (Lipinski definition) is 7. The van der Waals surface area contributed by atoms with Gasteiger partial charge in [-0.1, -0.05) is 42.5 Å². The normalized spacial score (nSPS) is 27.2. The second kappa shape index (κ2) is 9.81. The topological polar surface area (TPSA) is 105 Å². The molecule has 10 heteroatoms. The second-order valence-corrected chi connectivity index (χ2v) is 8.39. The molecule has 2 aliphatic heterocycles. The number of rotatable bonds is 6. The highest BCUT2D eigenvalue weighted by Crippen LogP contribution is 2.35. The van der Waals surface area contributed by atoms with E-state index in [-0.39, 0.29) is 19.2 Å². The zero-order chi connectivity index (χ0) is 22.7. The lowest BCUT2D eigenvalue weighted by Gasteiger charge is -2.34. The van der Waals surface area contributed by atoms with E-state index in [0.29, 0.717) is 30.7 Å². The Morgan fingerprint density at radius 2 is 1.72 bits per heavy atom. The number of hydrogen-bond donors (Lipinski definition) is 1. The summed E-state index contributed by atoms with van der Waals surface area (Å²) in [6, 6.07) is 8.26. The van der Waals surface area contributed by atoms with Crippen LogP contribution in [0.15, 0.2) is 42.5 Å². The first kappa shape index (κ1) is 22.4. The molecule has 1 aromatic carbocycles. The fourth-order valence-electron chi connectivity index (χ4n) is 4.27. The molecule has 0 radical (unpaired) electrons. The number of piperidine rings is 1. The van der Waals surface area contributed by atoms with Crippen LogP contribution in [0.5, 0.6) is 0 Å². The zero-order valence-corrected chi connectivity index (χ0v) is 18.1. The molecular weight excluding hydrogens is 438 g/mol. The van der Waals surface area contributed by atoms with Gasteiger partial charge in [-0.3, -0.25) is 19.2 Å². The maximum absolute atomic E-state index is 12.6. The van der Waals surface area contributed by atoms with E-state index in [1.54, 1.807) is 0 Å². The summed E-state index contributed by atoms with van der Waals surface area (Å²) >= 11 is 5.70. The summed E-state index contributed by atoms with van der Waals surface area (Å²) in [7, 11) is 0. The molecule has 1 N–H and O–H groups in total. The molecule has 170 valence electrons. The highest BCUT2D eigenvalue weighted by molar-refractivity contribution is 6.62. The van der Waals surface area contributed by atoms with Crippen LogP contribution in [0.1, 0.15) is 31.2 Å². The smallest absolute Gasteiger partial charge is 0.329 e. The number of amides is 3. The monoisotopic (exact) mass is 461 g/mol. The molecular formula is C22H24ClN3O6. The molecule has 2 heterocycles. The minimum atomic E-state index is -0.752. The number of carbonyl (C=O) groups is 4. The quantitative estimate of drug-likeness (QED) is 0.228. The van der Waals surface area contributed by atoms with Crippen LogP contribution in [0.25, 0.3) is 0 Å². The van der Waals surface area contributed by atoms with Crippen LogP contribution in [0.2, 0.25) is 0 Å². The van der Waals surface area contributed by atoms with Crippen molar-refractivity contribution >= 4 is 34.8 Å². The van der Waals surface area contributed by atoms with Gasteiger partial charge >= 0.3 is 11.3 Å². The standard InChI is InChI=1S/C22H24ClN3O6/c23-22(30)25(31-13-14-6-2-1-3-7-14)15-10-11-18(24-12-15)21(29)32-26-19(27)16-8-4-5-9-17(16)20(26)28/h1-7,15-18,24H,8-13H2/t15-,16-,17+,18+/m1/s1. The molecule has 1 aromatic rings. The first-order valence-corrected chi connectivity index (χ1v) is 11.0. The molecule has 0 saturated carbocycles. The van der Waals surface area contributed by atoms with E-state index in [1.165, 1.54) is 0 Å². The van der Waals surface area contributed by atoms with Crippen molar-refractivity contribution in [3.05, 3.63) is 48.0 Å². The minimum absolute atomic E-state index is 0.178. The van der Waals surface area contributed by atoms with Crippen molar-refractivity contribution in [2.24, 2.45) is 11.8 Å². The van der Waals surface area contributed by atoms with Crippen LogP contribution in [-0.2, 0) is 30.7 Å². The number of nitrogens with zero attached hydrogens (tertiary/aromatic N) is 2. The Morgan fingerprint density at radius 1 is 1.06 bits per heavy atom. The number of halogens is 1. The molecule has 1 aliphatic carbocycles. The minimum Gasteiger partial charge on any atom is -0.329 e. The summed E-state index contributed by atoms with van der Waals surface area (Å²) in [6.07, 6.45) is 5.42. The molecule has 2 fully saturated rings. The molecule has 0 aromatic heterocycles. The Morgan fingerprint density at radius 3 is 2.28 bits per heavy atom. The van der Waals surface area contributed by atoms with Gasteiger partial charge in [0.1, 0.15) is 12.6 Å². The van der Waals surface area contributed by atoms with E-state index in [2.05, 4.69) is 5.32 Å². The summed E-state index contributed by atoms with van der Waals surface area (Å²) in [4.78, 5) is 60.2. The number of imide groups is 1. The largest absolute Gasteiger partial charge is 0.349 e. The summed E-state index contributed by atoms with van der Waals surface area (Å²) in [5.74, 6) is -2.58. The number of carbonyl (C=O) groups excluding carboxylic acids is 4. The maximum Gasteiger partial charge on any atom is 0.349 e. The van der Waals surface area contributed by atoms with E-state index in [4.69, 9.17) is 21.3 Å². The van der Waals surface area contributed by atoms with Crippen LogP contribution >= 0.6 is 11.6 Å². The molecule has 3 amide bonds. The van der Waals surface area contributed by atoms with Gasteiger partial charge in [-0.25, -0.2) is 9.86 Å². The van der Waals surface area contributed by atoms with Gasteiger partial charge in [-0.15, -0.1) is 5.06 Å². The third-order valence-electron chi connectivity index (χ3n) is 6.04. The summed E-state index contributed by atoms with van der Waals surface area (Å²) in [5, 5.41) is 3.98. The molecule has 0 unspecified atom stereocenters.